The van der Waals surface area contributed by atoms with Gasteiger partial charge in [0.15, 0.2) is 0 Å². The Kier molecular flexibility index (Phi) is 8.05. The highest BCUT2D eigenvalue weighted by atomic mass is 35.5. The van der Waals surface area contributed by atoms with Gasteiger partial charge in [-0.25, -0.2) is 0 Å². The molecule has 1 saturated heterocycles. The molecule has 2 N–H and O–H groups in total. The number of halogens is 1. The second-order valence-electron chi connectivity index (χ2n) is 5.69. The number of nitrogens with zero attached hydrogens (tertiary/aromatic N) is 4. The van der Waals surface area contributed by atoms with E-state index in [9.17, 15) is 9.59 Å². The van der Waals surface area contributed by atoms with E-state index in [0.717, 1.165) is 31.4 Å². The Bertz CT molecular complexity index is 520. The molecule has 2 rings (SSSR count). The van der Waals surface area contributed by atoms with Gasteiger partial charge in [-0.3, -0.25) is 14.3 Å². The van der Waals surface area contributed by atoms with Gasteiger partial charge in [0.25, 0.3) is 0 Å². The first kappa shape index (κ1) is 19.4. The Hall–Kier alpha value is -1.60. The Morgan fingerprint density at radius 2 is 2.00 bits per heavy atom. The third kappa shape index (κ3) is 5.51. The lowest BCUT2D eigenvalue weighted by atomic mass is 10.1. The molecule has 0 bridgehead atoms. The number of aryl methyl sites for hydroxylation is 1. The number of carbonyl (C=O) groups excluding carboxylic acids is 2. The van der Waals surface area contributed by atoms with E-state index < -0.39 is 0 Å². The zero-order valence-electron chi connectivity index (χ0n) is 13.6. The van der Waals surface area contributed by atoms with Gasteiger partial charge in [-0.05, 0) is 19.4 Å². The average molecular weight is 344 g/mol. The van der Waals surface area contributed by atoms with E-state index in [1.165, 1.54) is 0 Å². The van der Waals surface area contributed by atoms with Crippen molar-refractivity contribution in [3.05, 3.63) is 12.4 Å². The van der Waals surface area contributed by atoms with Crippen LogP contribution in [0.15, 0.2) is 12.4 Å². The SMILES string of the molecule is Cl.Cn1cc(N2CCN(C(=O)CCCCCCN)CC2=O)cn1. The summed E-state index contributed by atoms with van der Waals surface area (Å²) in [6, 6.07) is 0. The van der Waals surface area contributed by atoms with Crippen LogP contribution in [0.5, 0.6) is 0 Å². The first-order valence-electron chi connectivity index (χ1n) is 7.88. The lowest BCUT2D eigenvalue weighted by Crippen LogP contribution is -2.52. The van der Waals surface area contributed by atoms with Crippen LogP contribution in [0.1, 0.15) is 32.1 Å². The first-order chi connectivity index (χ1) is 10.6. The van der Waals surface area contributed by atoms with Crippen LogP contribution in [-0.4, -0.2) is 52.7 Å². The van der Waals surface area contributed by atoms with E-state index in [4.69, 9.17) is 5.73 Å². The number of hydrogen-bond donors (Lipinski definition) is 1. The quantitative estimate of drug-likeness (QED) is 0.746. The zero-order valence-corrected chi connectivity index (χ0v) is 14.4. The van der Waals surface area contributed by atoms with Crippen LogP contribution in [0.25, 0.3) is 0 Å². The minimum Gasteiger partial charge on any atom is -0.332 e. The maximum Gasteiger partial charge on any atom is 0.246 e. The summed E-state index contributed by atoms with van der Waals surface area (Å²) >= 11 is 0. The molecule has 0 spiro atoms. The molecule has 1 aromatic rings. The van der Waals surface area contributed by atoms with Gasteiger partial charge in [-0.15, -0.1) is 12.4 Å². The number of amides is 2. The van der Waals surface area contributed by atoms with Crippen LogP contribution < -0.4 is 10.6 Å². The van der Waals surface area contributed by atoms with E-state index in [1.54, 1.807) is 20.7 Å². The maximum absolute atomic E-state index is 12.2. The predicted molar refractivity (Wildman–Crippen MR) is 91.5 cm³/mol. The van der Waals surface area contributed by atoms with Gasteiger partial charge in [0.2, 0.25) is 11.8 Å². The van der Waals surface area contributed by atoms with Crippen molar-refractivity contribution in [1.82, 2.24) is 14.7 Å². The molecule has 0 saturated carbocycles. The molecule has 0 atom stereocenters. The van der Waals surface area contributed by atoms with Crippen molar-refractivity contribution in [3.8, 4) is 0 Å². The molecule has 2 heterocycles. The van der Waals surface area contributed by atoms with E-state index in [2.05, 4.69) is 5.10 Å². The third-order valence-corrected chi connectivity index (χ3v) is 3.92. The summed E-state index contributed by atoms with van der Waals surface area (Å²) in [4.78, 5) is 27.7. The lowest BCUT2D eigenvalue weighted by molar-refractivity contribution is -0.136. The van der Waals surface area contributed by atoms with Gasteiger partial charge in [-0.1, -0.05) is 12.8 Å². The standard InChI is InChI=1S/C15H25N5O2.ClH/c1-18-11-13(10-17-18)20-9-8-19(12-15(20)22)14(21)6-4-2-3-5-7-16;/h10-11H,2-9,12,16H2,1H3;1H. The van der Waals surface area contributed by atoms with Crippen molar-refractivity contribution in [3.63, 3.8) is 0 Å². The van der Waals surface area contributed by atoms with Crippen LogP contribution in [0.2, 0.25) is 0 Å². The van der Waals surface area contributed by atoms with E-state index in [-0.39, 0.29) is 30.8 Å². The molecule has 0 aliphatic carbocycles. The number of aromatic nitrogens is 2. The fourth-order valence-corrected chi connectivity index (χ4v) is 2.64. The molecule has 7 nitrogen and oxygen atoms in total. The summed E-state index contributed by atoms with van der Waals surface area (Å²) in [6.45, 7) is 1.99. The summed E-state index contributed by atoms with van der Waals surface area (Å²) in [5.74, 6) is 0.0302. The van der Waals surface area contributed by atoms with Crippen molar-refractivity contribution in [2.24, 2.45) is 12.8 Å². The predicted octanol–water partition coefficient (Wildman–Crippen LogP) is 0.926. The molecule has 1 aliphatic heterocycles. The molecule has 1 aliphatic rings. The van der Waals surface area contributed by atoms with E-state index in [1.807, 2.05) is 13.2 Å². The summed E-state index contributed by atoms with van der Waals surface area (Å²) in [7, 11) is 1.82. The van der Waals surface area contributed by atoms with Crippen LogP contribution in [0.3, 0.4) is 0 Å². The first-order valence-corrected chi connectivity index (χ1v) is 7.88. The number of unbranched alkanes of at least 4 members (excludes halogenated alkanes) is 3. The molecule has 1 aromatic heterocycles. The molecular formula is C15H26ClN5O2. The summed E-state index contributed by atoms with van der Waals surface area (Å²) in [5.41, 5.74) is 6.23. The molecular weight excluding hydrogens is 318 g/mol. The topological polar surface area (TPSA) is 84.5 Å². The highest BCUT2D eigenvalue weighted by molar-refractivity contribution is 5.97. The van der Waals surface area contributed by atoms with Crippen LogP contribution in [0.4, 0.5) is 5.69 Å². The Labute approximate surface area is 143 Å². The van der Waals surface area contributed by atoms with E-state index >= 15 is 0 Å². The fourth-order valence-electron chi connectivity index (χ4n) is 2.64. The largest absolute Gasteiger partial charge is 0.332 e. The summed E-state index contributed by atoms with van der Waals surface area (Å²) in [6.07, 6.45) is 7.97. The summed E-state index contributed by atoms with van der Waals surface area (Å²) < 4.78 is 1.67. The van der Waals surface area contributed by atoms with Gasteiger partial charge in [0.05, 0.1) is 11.9 Å². The minimum atomic E-state index is -0.0456. The zero-order chi connectivity index (χ0) is 15.9. The van der Waals surface area contributed by atoms with Crippen LogP contribution in [-0.2, 0) is 16.6 Å². The summed E-state index contributed by atoms with van der Waals surface area (Å²) in [5, 5.41) is 4.08. The minimum absolute atomic E-state index is 0. The molecule has 2 amide bonds. The number of nitrogens with two attached hydrogens (primary N) is 1. The highest BCUT2D eigenvalue weighted by Gasteiger charge is 2.28. The molecule has 23 heavy (non-hydrogen) atoms. The Balaban J connectivity index is 0.00000264. The number of carbonyl (C=O) groups is 2. The monoisotopic (exact) mass is 343 g/mol. The van der Waals surface area contributed by atoms with Crippen molar-refractivity contribution in [2.45, 2.75) is 32.1 Å². The second kappa shape index (κ2) is 9.52. The van der Waals surface area contributed by atoms with Crippen LogP contribution >= 0.6 is 12.4 Å². The Morgan fingerprint density at radius 3 is 2.61 bits per heavy atom. The molecule has 0 aromatic carbocycles. The van der Waals surface area contributed by atoms with Crippen molar-refractivity contribution in [2.75, 3.05) is 31.1 Å². The molecule has 130 valence electrons. The molecule has 8 heteroatoms. The van der Waals surface area contributed by atoms with E-state index in [0.29, 0.717) is 26.1 Å². The number of anilines is 1. The fraction of sp³-hybridized carbons (Fsp3) is 0.667. The van der Waals surface area contributed by atoms with Gasteiger partial charge >= 0.3 is 0 Å². The average Bonchev–Trinajstić information content (AvgIpc) is 2.93. The third-order valence-electron chi connectivity index (χ3n) is 3.92. The van der Waals surface area contributed by atoms with Crippen molar-refractivity contribution < 1.29 is 9.59 Å². The second-order valence-corrected chi connectivity index (χ2v) is 5.69. The van der Waals surface area contributed by atoms with Crippen molar-refractivity contribution in [1.29, 1.82) is 0 Å². The van der Waals surface area contributed by atoms with Crippen LogP contribution in [0, 0.1) is 0 Å². The lowest BCUT2D eigenvalue weighted by Gasteiger charge is -2.33. The normalized spacial score (nSPS) is 14.8. The van der Waals surface area contributed by atoms with Gasteiger partial charge < -0.3 is 15.5 Å². The maximum atomic E-state index is 12.2. The number of rotatable bonds is 7. The van der Waals surface area contributed by atoms with Gasteiger partial charge in [-0.2, -0.15) is 5.10 Å². The Morgan fingerprint density at radius 1 is 1.26 bits per heavy atom. The smallest absolute Gasteiger partial charge is 0.246 e. The molecule has 0 radical (unpaired) electrons. The van der Waals surface area contributed by atoms with Crippen molar-refractivity contribution >= 4 is 29.9 Å². The number of hydrogen-bond acceptors (Lipinski definition) is 4. The molecule has 0 unspecified atom stereocenters. The van der Waals surface area contributed by atoms with Gasteiger partial charge in [0, 0.05) is 32.8 Å². The number of piperazine rings is 1. The van der Waals surface area contributed by atoms with Gasteiger partial charge in [0.1, 0.15) is 6.54 Å². The molecule has 1 fully saturated rings. The highest BCUT2D eigenvalue weighted by Crippen LogP contribution is 2.16.